The smallest absolute Gasteiger partial charge is 0.243 e. The van der Waals surface area contributed by atoms with Gasteiger partial charge in [-0.3, -0.25) is 0 Å². The Morgan fingerprint density at radius 1 is 0.913 bits per heavy atom. The third kappa shape index (κ3) is 3.71. The van der Waals surface area contributed by atoms with Crippen molar-refractivity contribution in [3.05, 3.63) is 72.6 Å². The molecule has 1 heterocycles. The molecule has 0 spiro atoms. The molecule has 0 bridgehead atoms. The number of benzene rings is 2. The van der Waals surface area contributed by atoms with Gasteiger partial charge >= 0.3 is 0 Å². The molecule has 0 atom stereocenters. The Kier molecular flexibility index (Phi) is 4.29. The summed E-state index contributed by atoms with van der Waals surface area (Å²) in [6.45, 7) is 1.87. The largest absolute Gasteiger partial charge is 0.508 e. The van der Waals surface area contributed by atoms with Crippen molar-refractivity contribution < 1.29 is 5.11 Å². The van der Waals surface area contributed by atoms with E-state index in [0.717, 1.165) is 22.4 Å². The molecular weight excluding hydrogens is 288 g/mol. The van der Waals surface area contributed by atoms with Crippen LogP contribution in [0.2, 0.25) is 0 Å². The van der Waals surface area contributed by atoms with Crippen LogP contribution < -0.4 is 5.43 Å². The van der Waals surface area contributed by atoms with Gasteiger partial charge < -0.3 is 5.11 Å². The van der Waals surface area contributed by atoms with E-state index in [-0.39, 0.29) is 5.75 Å². The van der Waals surface area contributed by atoms with Gasteiger partial charge in [0, 0.05) is 18.0 Å². The van der Waals surface area contributed by atoms with Gasteiger partial charge in [-0.15, -0.1) is 0 Å². The van der Waals surface area contributed by atoms with Crippen LogP contribution in [0.4, 0.5) is 5.95 Å². The van der Waals surface area contributed by atoms with E-state index in [0.29, 0.717) is 5.95 Å². The highest BCUT2D eigenvalue weighted by molar-refractivity contribution is 5.99. The monoisotopic (exact) mass is 304 g/mol. The first-order chi connectivity index (χ1) is 11.2. The molecule has 0 saturated heterocycles. The molecule has 0 radical (unpaired) electrons. The molecule has 114 valence electrons. The summed E-state index contributed by atoms with van der Waals surface area (Å²) in [6, 6.07) is 16.8. The lowest BCUT2D eigenvalue weighted by Gasteiger charge is -2.04. The zero-order valence-electron chi connectivity index (χ0n) is 12.6. The predicted molar refractivity (Wildman–Crippen MR) is 91.4 cm³/mol. The van der Waals surface area contributed by atoms with E-state index < -0.39 is 0 Å². The summed E-state index contributed by atoms with van der Waals surface area (Å²) in [4.78, 5) is 8.53. The summed E-state index contributed by atoms with van der Waals surface area (Å²) < 4.78 is 0. The van der Waals surface area contributed by atoms with Gasteiger partial charge in [0.25, 0.3) is 0 Å². The number of phenols is 1. The molecule has 23 heavy (non-hydrogen) atoms. The normalized spacial score (nSPS) is 11.3. The SMILES string of the molecule is CC(=NNc1ncc(-c2ccccc2)cn1)c1ccc(O)cc1. The van der Waals surface area contributed by atoms with Crippen molar-refractivity contribution in [2.75, 3.05) is 5.43 Å². The lowest BCUT2D eigenvalue weighted by Crippen LogP contribution is -2.02. The highest BCUT2D eigenvalue weighted by atomic mass is 16.3. The number of hydrogen-bond donors (Lipinski definition) is 2. The van der Waals surface area contributed by atoms with Gasteiger partial charge in [0.1, 0.15) is 5.75 Å². The molecule has 3 aromatic rings. The number of aromatic nitrogens is 2. The van der Waals surface area contributed by atoms with Gasteiger partial charge in [-0.2, -0.15) is 5.10 Å². The summed E-state index contributed by atoms with van der Waals surface area (Å²) in [6.07, 6.45) is 3.52. The third-order valence-corrected chi connectivity index (χ3v) is 3.37. The van der Waals surface area contributed by atoms with E-state index >= 15 is 0 Å². The van der Waals surface area contributed by atoms with Crippen molar-refractivity contribution in [1.82, 2.24) is 9.97 Å². The van der Waals surface area contributed by atoms with E-state index in [9.17, 15) is 5.11 Å². The van der Waals surface area contributed by atoms with Crippen molar-refractivity contribution in [1.29, 1.82) is 0 Å². The zero-order chi connectivity index (χ0) is 16.1. The summed E-state index contributed by atoms with van der Waals surface area (Å²) in [5.41, 5.74) is 6.56. The van der Waals surface area contributed by atoms with Gasteiger partial charge in [-0.25, -0.2) is 15.4 Å². The Morgan fingerprint density at radius 3 is 2.22 bits per heavy atom. The number of nitrogens with zero attached hydrogens (tertiary/aromatic N) is 3. The second-order valence-corrected chi connectivity index (χ2v) is 5.02. The van der Waals surface area contributed by atoms with E-state index in [4.69, 9.17) is 0 Å². The topological polar surface area (TPSA) is 70.4 Å². The number of hydrazone groups is 1. The second kappa shape index (κ2) is 6.70. The molecule has 0 amide bonds. The molecule has 0 aliphatic carbocycles. The molecule has 0 saturated carbocycles. The number of aromatic hydroxyl groups is 1. The van der Waals surface area contributed by atoms with Crippen LogP contribution in [0.1, 0.15) is 12.5 Å². The fourth-order valence-electron chi connectivity index (χ4n) is 2.07. The fraction of sp³-hybridized carbons (Fsp3) is 0.0556. The first kappa shape index (κ1) is 14.7. The molecule has 2 aromatic carbocycles. The minimum absolute atomic E-state index is 0.231. The van der Waals surface area contributed by atoms with Crippen molar-refractivity contribution in [3.8, 4) is 16.9 Å². The van der Waals surface area contributed by atoms with Gasteiger partial charge in [-0.1, -0.05) is 30.3 Å². The predicted octanol–water partition coefficient (Wildman–Crippen LogP) is 3.69. The molecule has 0 unspecified atom stereocenters. The zero-order valence-corrected chi connectivity index (χ0v) is 12.6. The molecular formula is C18H16N4O. The molecule has 0 aliphatic rings. The number of rotatable bonds is 4. The van der Waals surface area contributed by atoms with E-state index in [1.54, 1.807) is 36.7 Å². The molecule has 0 aliphatic heterocycles. The van der Waals surface area contributed by atoms with Crippen LogP contribution in [-0.4, -0.2) is 20.8 Å². The fourth-order valence-corrected chi connectivity index (χ4v) is 2.07. The van der Waals surface area contributed by atoms with Crippen LogP contribution in [0.3, 0.4) is 0 Å². The van der Waals surface area contributed by atoms with Gasteiger partial charge in [0.05, 0.1) is 5.71 Å². The quantitative estimate of drug-likeness (QED) is 0.570. The van der Waals surface area contributed by atoms with Crippen molar-refractivity contribution in [2.45, 2.75) is 6.92 Å². The molecule has 5 heteroatoms. The van der Waals surface area contributed by atoms with Gasteiger partial charge in [-0.05, 0) is 42.3 Å². The first-order valence-corrected chi connectivity index (χ1v) is 7.19. The maximum absolute atomic E-state index is 9.29. The van der Waals surface area contributed by atoms with Crippen LogP contribution in [0.15, 0.2) is 72.1 Å². The third-order valence-electron chi connectivity index (χ3n) is 3.37. The number of phenolic OH excluding ortho intramolecular Hbond substituents is 1. The highest BCUT2D eigenvalue weighted by Crippen LogP contribution is 2.17. The molecule has 5 nitrogen and oxygen atoms in total. The Morgan fingerprint density at radius 2 is 1.57 bits per heavy atom. The molecule has 3 rings (SSSR count). The maximum Gasteiger partial charge on any atom is 0.243 e. The maximum atomic E-state index is 9.29. The number of nitrogens with one attached hydrogen (secondary N) is 1. The van der Waals surface area contributed by atoms with Gasteiger partial charge in [0.15, 0.2) is 0 Å². The second-order valence-electron chi connectivity index (χ2n) is 5.02. The van der Waals surface area contributed by atoms with Crippen molar-refractivity contribution >= 4 is 11.7 Å². The Balaban J connectivity index is 1.71. The number of hydrogen-bond acceptors (Lipinski definition) is 5. The summed E-state index contributed by atoms with van der Waals surface area (Å²) in [5.74, 6) is 0.664. The van der Waals surface area contributed by atoms with E-state index in [1.807, 2.05) is 37.3 Å². The van der Waals surface area contributed by atoms with Crippen molar-refractivity contribution in [3.63, 3.8) is 0 Å². The van der Waals surface area contributed by atoms with Crippen LogP contribution in [0.5, 0.6) is 5.75 Å². The standard InChI is InChI=1S/C18H16N4O/c1-13(14-7-9-17(23)10-8-14)21-22-18-19-11-16(12-20-18)15-5-3-2-4-6-15/h2-12,23H,1H3,(H,19,20,22). The average Bonchev–Trinajstić information content (AvgIpc) is 2.61. The molecule has 0 fully saturated rings. The highest BCUT2D eigenvalue weighted by Gasteiger charge is 2.01. The van der Waals surface area contributed by atoms with E-state index in [1.165, 1.54) is 0 Å². The molecule has 1 aromatic heterocycles. The lowest BCUT2D eigenvalue weighted by molar-refractivity contribution is 0.475. The van der Waals surface area contributed by atoms with Crippen molar-refractivity contribution in [2.24, 2.45) is 5.10 Å². The van der Waals surface area contributed by atoms with Crippen LogP contribution in [0, 0.1) is 0 Å². The number of anilines is 1. The summed E-state index contributed by atoms with van der Waals surface area (Å²) >= 11 is 0. The average molecular weight is 304 g/mol. The Hall–Kier alpha value is -3.21. The minimum atomic E-state index is 0.231. The Labute approximate surface area is 134 Å². The molecule has 2 N–H and O–H groups in total. The lowest BCUT2D eigenvalue weighted by atomic mass is 10.1. The van der Waals surface area contributed by atoms with E-state index in [2.05, 4.69) is 20.5 Å². The summed E-state index contributed by atoms with van der Waals surface area (Å²) in [5, 5.41) is 13.5. The van der Waals surface area contributed by atoms with Crippen LogP contribution in [-0.2, 0) is 0 Å². The van der Waals surface area contributed by atoms with Crippen LogP contribution in [0.25, 0.3) is 11.1 Å². The Bertz CT molecular complexity index is 797. The minimum Gasteiger partial charge on any atom is -0.508 e. The van der Waals surface area contributed by atoms with Gasteiger partial charge in [0.2, 0.25) is 5.95 Å². The summed E-state index contributed by atoms with van der Waals surface area (Å²) in [7, 11) is 0. The first-order valence-electron chi connectivity index (χ1n) is 7.19. The van der Waals surface area contributed by atoms with Crippen LogP contribution >= 0.6 is 0 Å².